The summed E-state index contributed by atoms with van der Waals surface area (Å²) in [5, 5.41) is 12.1. The van der Waals surface area contributed by atoms with Crippen molar-refractivity contribution in [2.24, 2.45) is 0 Å². The first-order valence-corrected chi connectivity index (χ1v) is 4.59. The van der Waals surface area contributed by atoms with Crippen LogP contribution in [0.5, 0.6) is 0 Å². The molecule has 9 heteroatoms. The Morgan fingerprint density at radius 2 is 2.00 bits per heavy atom. The number of urea groups is 1. The van der Waals surface area contributed by atoms with E-state index in [-0.39, 0.29) is 13.0 Å². The lowest BCUT2D eigenvalue weighted by molar-refractivity contribution is -0.139. The number of rotatable bonds is 6. The molecule has 0 rings (SSSR count). The van der Waals surface area contributed by atoms with Gasteiger partial charge in [0.15, 0.2) is 0 Å². The number of aliphatic carboxylic acids is 1. The number of ether oxygens (including phenoxy) is 1. The highest BCUT2D eigenvalue weighted by Crippen LogP contribution is 2.11. The summed E-state index contributed by atoms with van der Waals surface area (Å²) in [5.74, 6) is -1.34. The third-order valence-corrected chi connectivity index (χ3v) is 1.66. The van der Waals surface area contributed by atoms with E-state index in [2.05, 4.69) is 4.74 Å². The Bertz CT molecular complexity index is 270. The number of methoxy groups -OCH3 is 1. The minimum Gasteiger partial charge on any atom is -0.480 e. The average molecular weight is 258 g/mol. The third-order valence-electron chi connectivity index (χ3n) is 1.66. The van der Waals surface area contributed by atoms with Gasteiger partial charge in [-0.3, -0.25) is 0 Å². The van der Waals surface area contributed by atoms with Gasteiger partial charge in [-0.15, -0.1) is 0 Å². The maximum Gasteiger partial charge on any atom is 0.405 e. The molecule has 0 aliphatic rings. The number of carboxylic acids is 1. The molecule has 2 amide bonds. The van der Waals surface area contributed by atoms with Gasteiger partial charge >= 0.3 is 18.2 Å². The summed E-state index contributed by atoms with van der Waals surface area (Å²) in [6, 6.07) is -2.48. The van der Waals surface area contributed by atoms with E-state index in [0.29, 0.717) is 0 Å². The lowest BCUT2D eigenvalue weighted by Crippen LogP contribution is -2.48. The molecule has 0 bridgehead atoms. The quantitative estimate of drug-likeness (QED) is 0.641. The Morgan fingerprint density at radius 3 is 2.41 bits per heavy atom. The number of nitrogens with one attached hydrogen (secondary N) is 2. The zero-order valence-corrected chi connectivity index (χ0v) is 9.00. The molecule has 0 fully saturated rings. The van der Waals surface area contributed by atoms with Gasteiger partial charge in [-0.25, -0.2) is 9.59 Å². The number of halogens is 3. The van der Waals surface area contributed by atoms with Crippen molar-refractivity contribution in [1.82, 2.24) is 10.6 Å². The second-order valence-electron chi connectivity index (χ2n) is 3.11. The second kappa shape index (κ2) is 6.94. The highest BCUT2D eigenvalue weighted by Gasteiger charge is 2.28. The van der Waals surface area contributed by atoms with Crippen LogP contribution in [0, 0.1) is 0 Å². The molecular formula is C8H13F3N2O4. The molecular weight excluding hydrogens is 245 g/mol. The maximum atomic E-state index is 11.7. The number of alkyl halides is 3. The highest BCUT2D eigenvalue weighted by atomic mass is 19.4. The lowest BCUT2D eigenvalue weighted by atomic mass is 10.2. The Hall–Kier alpha value is -1.51. The topological polar surface area (TPSA) is 87.7 Å². The van der Waals surface area contributed by atoms with E-state index in [0.717, 1.165) is 0 Å². The van der Waals surface area contributed by atoms with Crippen LogP contribution in [0.15, 0.2) is 0 Å². The minimum atomic E-state index is -4.54. The van der Waals surface area contributed by atoms with E-state index in [1.165, 1.54) is 12.4 Å². The van der Waals surface area contributed by atoms with Gasteiger partial charge in [0, 0.05) is 20.1 Å². The third kappa shape index (κ3) is 8.31. The van der Waals surface area contributed by atoms with Gasteiger partial charge in [-0.05, 0) is 0 Å². The molecule has 3 N–H and O–H groups in total. The van der Waals surface area contributed by atoms with E-state index in [4.69, 9.17) is 5.11 Å². The van der Waals surface area contributed by atoms with Gasteiger partial charge in [0.2, 0.25) is 0 Å². The Kier molecular flexibility index (Phi) is 6.33. The largest absolute Gasteiger partial charge is 0.480 e. The number of amides is 2. The van der Waals surface area contributed by atoms with Crippen molar-refractivity contribution in [3.05, 3.63) is 0 Å². The fourth-order valence-corrected chi connectivity index (χ4v) is 0.883. The predicted molar refractivity (Wildman–Crippen MR) is 50.5 cm³/mol. The first-order valence-electron chi connectivity index (χ1n) is 4.59. The zero-order valence-electron chi connectivity index (χ0n) is 9.00. The van der Waals surface area contributed by atoms with Crippen LogP contribution in [0.1, 0.15) is 6.42 Å². The van der Waals surface area contributed by atoms with Gasteiger partial charge in [-0.2, -0.15) is 13.2 Å². The second-order valence-corrected chi connectivity index (χ2v) is 3.11. The van der Waals surface area contributed by atoms with Crippen molar-refractivity contribution in [2.75, 3.05) is 20.3 Å². The van der Waals surface area contributed by atoms with Crippen molar-refractivity contribution in [2.45, 2.75) is 18.6 Å². The molecule has 0 aromatic carbocycles. The average Bonchev–Trinajstić information content (AvgIpc) is 2.19. The molecule has 0 spiro atoms. The van der Waals surface area contributed by atoms with Crippen LogP contribution in [-0.2, 0) is 9.53 Å². The number of carbonyl (C=O) groups excluding carboxylic acids is 1. The molecule has 0 heterocycles. The van der Waals surface area contributed by atoms with Crippen molar-refractivity contribution in [3.63, 3.8) is 0 Å². The molecule has 1 atom stereocenters. The van der Waals surface area contributed by atoms with Crippen LogP contribution in [0.25, 0.3) is 0 Å². The first-order chi connectivity index (χ1) is 7.76. The summed E-state index contributed by atoms with van der Waals surface area (Å²) in [4.78, 5) is 21.6. The van der Waals surface area contributed by atoms with Crippen LogP contribution < -0.4 is 10.6 Å². The van der Waals surface area contributed by atoms with Crippen LogP contribution >= 0.6 is 0 Å². The summed E-state index contributed by atoms with van der Waals surface area (Å²) in [5.41, 5.74) is 0. The molecule has 0 aromatic rings. The molecule has 0 saturated heterocycles. The Balaban J connectivity index is 4.08. The van der Waals surface area contributed by atoms with Crippen LogP contribution in [-0.4, -0.2) is 49.6 Å². The molecule has 0 aliphatic carbocycles. The summed E-state index contributed by atoms with van der Waals surface area (Å²) in [6.07, 6.45) is -4.58. The molecule has 0 radical (unpaired) electrons. The maximum absolute atomic E-state index is 11.7. The summed E-state index contributed by atoms with van der Waals surface area (Å²) < 4.78 is 39.8. The van der Waals surface area contributed by atoms with E-state index >= 15 is 0 Å². The SMILES string of the molecule is COCCC(NC(=O)NCC(F)(F)F)C(=O)O. The zero-order chi connectivity index (χ0) is 13.5. The van der Waals surface area contributed by atoms with Crippen LogP contribution in [0.4, 0.5) is 18.0 Å². The van der Waals surface area contributed by atoms with Crippen molar-refractivity contribution in [1.29, 1.82) is 0 Å². The van der Waals surface area contributed by atoms with Crippen molar-refractivity contribution in [3.8, 4) is 0 Å². The van der Waals surface area contributed by atoms with Gasteiger partial charge < -0.3 is 20.5 Å². The van der Waals surface area contributed by atoms with Gasteiger partial charge in [0.25, 0.3) is 0 Å². The standard InChI is InChI=1S/C8H13F3N2O4/c1-17-3-2-5(6(14)15)13-7(16)12-4-8(9,10)11/h5H,2-4H2,1H3,(H,14,15)(H2,12,13,16). The van der Waals surface area contributed by atoms with Crippen molar-refractivity contribution >= 4 is 12.0 Å². The molecule has 6 nitrogen and oxygen atoms in total. The molecule has 0 aliphatic heterocycles. The summed E-state index contributed by atoms with van der Waals surface area (Å²) >= 11 is 0. The molecule has 0 saturated carbocycles. The number of carbonyl (C=O) groups is 2. The van der Waals surface area contributed by atoms with E-state index in [1.807, 2.05) is 5.32 Å². The Labute approximate surface area is 95.1 Å². The molecule has 100 valence electrons. The van der Waals surface area contributed by atoms with E-state index < -0.39 is 30.8 Å². The monoisotopic (exact) mass is 258 g/mol. The van der Waals surface area contributed by atoms with Crippen LogP contribution in [0.2, 0.25) is 0 Å². The number of hydrogen-bond donors (Lipinski definition) is 3. The minimum absolute atomic E-state index is 0.0364. The van der Waals surface area contributed by atoms with E-state index in [9.17, 15) is 22.8 Å². The molecule has 1 unspecified atom stereocenters. The van der Waals surface area contributed by atoms with Gasteiger partial charge in [-0.1, -0.05) is 0 Å². The number of carboxylic acid groups (broad SMARTS) is 1. The van der Waals surface area contributed by atoms with E-state index in [1.54, 1.807) is 0 Å². The highest BCUT2D eigenvalue weighted by molar-refractivity contribution is 5.82. The predicted octanol–water partition coefficient (Wildman–Crippen LogP) is 0.338. The van der Waals surface area contributed by atoms with Gasteiger partial charge in [0.05, 0.1) is 0 Å². The molecule has 0 aromatic heterocycles. The van der Waals surface area contributed by atoms with Crippen molar-refractivity contribution < 1.29 is 32.6 Å². The smallest absolute Gasteiger partial charge is 0.405 e. The Morgan fingerprint density at radius 1 is 1.41 bits per heavy atom. The summed E-state index contributed by atoms with van der Waals surface area (Å²) in [7, 11) is 1.34. The first kappa shape index (κ1) is 15.5. The fraction of sp³-hybridized carbons (Fsp3) is 0.750. The van der Waals surface area contributed by atoms with Crippen LogP contribution in [0.3, 0.4) is 0 Å². The van der Waals surface area contributed by atoms with Gasteiger partial charge in [0.1, 0.15) is 12.6 Å². The fourth-order valence-electron chi connectivity index (χ4n) is 0.883. The molecule has 17 heavy (non-hydrogen) atoms. The lowest BCUT2D eigenvalue weighted by Gasteiger charge is -2.15. The summed E-state index contributed by atoms with van der Waals surface area (Å²) in [6.45, 7) is -1.45. The number of hydrogen-bond acceptors (Lipinski definition) is 3. The normalized spacial score (nSPS) is 12.9.